The van der Waals surface area contributed by atoms with E-state index in [1.807, 2.05) is 30.3 Å². The largest absolute Gasteiger partial charge is 0.509 e. The number of amides is 1. The molecule has 0 aliphatic rings. The lowest BCUT2D eigenvalue weighted by Crippen LogP contribution is -2.38. The van der Waals surface area contributed by atoms with E-state index in [1.165, 1.54) is 6.92 Å². The summed E-state index contributed by atoms with van der Waals surface area (Å²) in [5.74, 6) is -2.21. The summed E-state index contributed by atoms with van der Waals surface area (Å²) in [5, 5.41) is 13.2. The molecule has 25 heavy (non-hydrogen) atoms. The number of Topliss-reactive ketones (excluding diaryl/α,β-unsaturated/α-hetero) is 1. The Morgan fingerprint density at radius 3 is 2.32 bits per heavy atom. The third-order valence-electron chi connectivity index (χ3n) is 3.48. The lowest BCUT2D eigenvalue weighted by Gasteiger charge is -2.20. The van der Waals surface area contributed by atoms with E-state index in [1.54, 1.807) is 13.8 Å². The van der Waals surface area contributed by atoms with E-state index in [9.17, 15) is 19.5 Å². The first kappa shape index (κ1) is 20.4. The highest BCUT2D eigenvalue weighted by Gasteiger charge is 2.29. The Labute approximate surface area is 147 Å². The highest BCUT2D eigenvalue weighted by molar-refractivity contribution is 6.17. The van der Waals surface area contributed by atoms with E-state index >= 15 is 0 Å². The number of aliphatic hydroxyl groups is 1. The van der Waals surface area contributed by atoms with Crippen LogP contribution in [0.5, 0.6) is 0 Å². The fourth-order valence-electron chi connectivity index (χ4n) is 2.40. The van der Waals surface area contributed by atoms with Gasteiger partial charge in [-0.05, 0) is 25.3 Å². The van der Waals surface area contributed by atoms with Gasteiger partial charge in [0.25, 0.3) is 0 Å². The van der Waals surface area contributed by atoms with Crippen LogP contribution in [0.2, 0.25) is 0 Å². The molecule has 0 fully saturated rings. The van der Waals surface area contributed by atoms with Gasteiger partial charge in [0.05, 0.1) is 12.6 Å². The zero-order chi connectivity index (χ0) is 18.8. The zero-order valence-corrected chi connectivity index (χ0v) is 14.9. The van der Waals surface area contributed by atoms with Crippen LogP contribution in [0.25, 0.3) is 0 Å². The Morgan fingerprint density at radius 1 is 1.16 bits per heavy atom. The molecule has 1 atom stereocenters. The van der Waals surface area contributed by atoms with Gasteiger partial charge < -0.3 is 15.2 Å². The molecule has 1 rings (SSSR count). The maximum absolute atomic E-state index is 12.3. The smallest absolute Gasteiger partial charge is 0.345 e. The molecule has 6 heteroatoms. The summed E-state index contributed by atoms with van der Waals surface area (Å²) >= 11 is 0. The molecule has 136 valence electrons. The second-order valence-corrected chi connectivity index (χ2v) is 5.60. The number of carbonyl (C=O) groups excluding carboxylic acids is 3. The number of nitrogens with one attached hydrogen (secondary N) is 1. The number of esters is 1. The monoisotopic (exact) mass is 347 g/mol. The average molecular weight is 347 g/mol. The van der Waals surface area contributed by atoms with Gasteiger partial charge >= 0.3 is 5.97 Å². The number of benzene rings is 1. The van der Waals surface area contributed by atoms with Crippen molar-refractivity contribution in [2.24, 2.45) is 0 Å². The number of aliphatic hydroxyl groups excluding tert-OH is 1. The van der Waals surface area contributed by atoms with Crippen molar-refractivity contribution < 1.29 is 24.2 Å². The molecule has 0 aromatic heterocycles. The first-order valence-corrected chi connectivity index (χ1v) is 8.35. The fraction of sp³-hybridized carbons (Fsp3) is 0.421. The summed E-state index contributed by atoms with van der Waals surface area (Å²) in [6, 6.07) is 8.28. The van der Waals surface area contributed by atoms with Crippen LogP contribution in [-0.2, 0) is 25.5 Å². The van der Waals surface area contributed by atoms with E-state index in [2.05, 4.69) is 5.32 Å². The normalized spacial score (nSPS) is 12.8. The summed E-state index contributed by atoms with van der Waals surface area (Å²) in [5.41, 5.74) is 0.456. The van der Waals surface area contributed by atoms with Crippen LogP contribution >= 0.6 is 0 Å². The molecule has 1 aromatic carbocycles. The van der Waals surface area contributed by atoms with E-state index in [0.29, 0.717) is 6.42 Å². The van der Waals surface area contributed by atoms with Crippen molar-refractivity contribution in [3.8, 4) is 0 Å². The maximum Gasteiger partial charge on any atom is 0.345 e. The van der Waals surface area contributed by atoms with E-state index in [4.69, 9.17) is 4.74 Å². The molecule has 1 aromatic rings. The fourth-order valence-corrected chi connectivity index (χ4v) is 2.40. The molecule has 0 aliphatic heterocycles. The van der Waals surface area contributed by atoms with Crippen LogP contribution in [0, 0.1) is 0 Å². The average Bonchev–Trinajstić information content (AvgIpc) is 2.55. The molecule has 0 bridgehead atoms. The van der Waals surface area contributed by atoms with Crippen molar-refractivity contribution >= 4 is 17.7 Å². The molecule has 0 aliphatic carbocycles. The number of ketones is 1. The van der Waals surface area contributed by atoms with Gasteiger partial charge in [0.15, 0.2) is 5.78 Å². The minimum atomic E-state index is -0.889. The van der Waals surface area contributed by atoms with Crippen LogP contribution in [-0.4, -0.2) is 35.4 Å². The lowest BCUT2D eigenvalue weighted by atomic mass is 9.98. The standard InChI is InChI=1S/C19H25NO5/c1-4-9-16(22)17(19(24)25-5-2)18(23)15(20-13(3)21)12-14-10-7-6-8-11-14/h6-8,10-11,15,23H,4-5,9,12H2,1-3H3,(H,20,21)/b18-17-/t15-/m0/s1. The van der Waals surface area contributed by atoms with Gasteiger partial charge in [-0.15, -0.1) is 0 Å². The van der Waals surface area contributed by atoms with Crippen molar-refractivity contribution in [1.29, 1.82) is 0 Å². The highest BCUT2D eigenvalue weighted by Crippen LogP contribution is 2.16. The van der Waals surface area contributed by atoms with Gasteiger partial charge in [0.2, 0.25) is 5.91 Å². The number of rotatable bonds is 9. The second-order valence-electron chi connectivity index (χ2n) is 5.60. The second kappa shape index (κ2) is 10.3. The van der Waals surface area contributed by atoms with E-state index in [-0.39, 0.29) is 25.4 Å². The predicted octanol–water partition coefficient (Wildman–Crippen LogP) is 2.48. The number of hydrogen-bond donors (Lipinski definition) is 2. The van der Waals surface area contributed by atoms with Crippen LogP contribution in [0.1, 0.15) is 39.2 Å². The SMILES string of the molecule is CCCC(=O)/C(C(=O)OCC)=C(/O)[C@H](Cc1ccccc1)NC(C)=O. The molecule has 0 spiro atoms. The van der Waals surface area contributed by atoms with Gasteiger partial charge in [-0.25, -0.2) is 4.79 Å². The summed E-state index contributed by atoms with van der Waals surface area (Å²) < 4.78 is 4.91. The molecule has 6 nitrogen and oxygen atoms in total. The van der Waals surface area contributed by atoms with Crippen LogP contribution in [0.4, 0.5) is 0 Å². The van der Waals surface area contributed by atoms with Crippen molar-refractivity contribution in [3.05, 3.63) is 47.2 Å². The summed E-state index contributed by atoms with van der Waals surface area (Å²) in [6.07, 6.45) is 0.878. The van der Waals surface area contributed by atoms with Crippen molar-refractivity contribution in [2.75, 3.05) is 6.61 Å². The Balaban J connectivity index is 3.27. The van der Waals surface area contributed by atoms with Gasteiger partial charge in [0.1, 0.15) is 11.3 Å². The topological polar surface area (TPSA) is 92.7 Å². The van der Waals surface area contributed by atoms with Gasteiger partial charge in [-0.3, -0.25) is 9.59 Å². The quantitative estimate of drug-likeness (QED) is 0.235. The Kier molecular flexibility index (Phi) is 8.39. The Hall–Kier alpha value is -2.63. The zero-order valence-electron chi connectivity index (χ0n) is 14.9. The maximum atomic E-state index is 12.3. The molecule has 2 N–H and O–H groups in total. The molecule has 0 unspecified atom stereocenters. The molecule has 0 heterocycles. The van der Waals surface area contributed by atoms with Crippen LogP contribution in [0.3, 0.4) is 0 Å². The Bertz CT molecular complexity index is 616. The van der Waals surface area contributed by atoms with Crippen molar-refractivity contribution in [1.82, 2.24) is 5.32 Å². The van der Waals surface area contributed by atoms with Crippen molar-refractivity contribution in [2.45, 2.75) is 46.1 Å². The minimum absolute atomic E-state index is 0.0819. The molecule has 1 amide bonds. The summed E-state index contributed by atoms with van der Waals surface area (Å²) in [4.78, 5) is 36.0. The third-order valence-corrected chi connectivity index (χ3v) is 3.48. The van der Waals surface area contributed by atoms with Crippen molar-refractivity contribution in [3.63, 3.8) is 0 Å². The molecule has 0 radical (unpaired) electrons. The summed E-state index contributed by atoms with van der Waals surface area (Å²) in [6.45, 7) is 4.81. The minimum Gasteiger partial charge on any atom is -0.509 e. The lowest BCUT2D eigenvalue weighted by molar-refractivity contribution is -0.140. The van der Waals surface area contributed by atoms with E-state index < -0.39 is 29.1 Å². The number of ether oxygens (including phenoxy) is 1. The third kappa shape index (κ3) is 6.41. The molecular formula is C19H25NO5. The molecule has 0 saturated carbocycles. The summed E-state index contributed by atoms with van der Waals surface area (Å²) in [7, 11) is 0. The van der Waals surface area contributed by atoms with Gasteiger partial charge in [-0.2, -0.15) is 0 Å². The molecule has 0 saturated heterocycles. The van der Waals surface area contributed by atoms with Crippen LogP contribution < -0.4 is 5.32 Å². The first-order chi connectivity index (χ1) is 11.9. The Morgan fingerprint density at radius 2 is 1.80 bits per heavy atom. The highest BCUT2D eigenvalue weighted by atomic mass is 16.5. The predicted molar refractivity (Wildman–Crippen MR) is 94.0 cm³/mol. The van der Waals surface area contributed by atoms with Gasteiger partial charge in [-0.1, -0.05) is 37.3 Å². The first-order valence-electron chi connectivity index (χ1n) is 8.35. The van der Waals surface area contributed by atoms with Gasteiger partial charge in [0, 0.05) is 13.3 Å². The number of carbonyl (C=O) groups is 3. The van der Waals surface area contributed by atoms with Crippen LogP contribution in [0.15, 0.2) is 41.7 Å². The molecular weight excluding hydrogens is 322 g/mol. The number of hydrogen-bond acceptors (Lipinski definition) is 5. The van der Waals surface area contributed by atoms with E-state index in [0.717, 1.165) is 5.56 Å².